The summed E-state index contributed by atoms with van der Waals surface area (Å²) in [4.78, 5) is 133. The van der Waals surface area contributed by atoms with Gasteiger partial charge in [-0.2, -0.15) is 0 Å². The molecule has 0 aromatic heterocycles. The molecule has 4 atom stereocenters. The maximum Gasteiger partial charge on any atom is 0.312 e. The van der Waals surface area contributed by atoms with E-state index >= 15 is 0 Å². The van der Waals surface area contributed by atoms with Crippen molar-refractivity contribution in [3.8, 4) is 23.0 Å². The van der Waals surface area contributed by atoms with Gasteiger partial charge in [0.15, 0.2) is 17.9 Å². The Bertz CT molecular complexity index is 3290. The molecule has 33 nitrogen and oxygen atoms in total. The second kappa shape index (κ2) is 36.1. The zero-order chi connectivity index (χ0) is 66.5. The van der Waals surface area contributed by atoms with E-state index in [-0.39, 0.29) is 157 Å². The Morgan fingerprint density at radius 1 is 0.400 bits per heavy atom. The molecule has 0 saturated heterocycles. The first-order valence-corrected chi connectivity index (χ1v) is 28.0. The van der Waals surface area contributed by atoms with Crippen LogP contribution in [0.2, 0.25) is 0 Å². The summed E-state index contributed by atoms with van der Waals surface area (Å²) in [6.07, 6.45) is 1.68. The van der Waals surface area contributed by atoms with Gasteiger partial charge in [0.2, 0.25) is 23.6 Å². The van der Waals surface area contributed by atoms with Crippen molar-refractivity contribution in [2.45, 2.75) is 82.0 Å². The first-order chi connectivity index (χ1) is 42.9. The normalized spacial score (nSPS) is 11.9. The smallest absolute Gasteiger partial charge is 0.312 e. The van der Waals surface area contributed by atoms with Crippen molar-refractivity contribution >= 4 is 93.9 Å². The van der Waals surface area contributed by atoms with Crippen molar-refractivity contribution in [3.05, 3.63) is 95.1 Å². The standard InChI is InChI=1S/C57H80N20O13/c1-87-42-18-14-30(26-34(42)46(59)78)72-52(84)40(12-8-24-68-55(62)63)76-48(80)37-29-33(17-21-45(37)90-4)74-53(85)41(13-9-25-69-56(64)65)77-49(81)36-28-32(16-20-44(36)89-3)73-51(83)39(11-5-6-22-70-57(66)86)75-47(79)35-27-31(15-19-43(35)88-2)71-50(82)38(58)10-7-23-67-54(60)61/h14-21,26-29,38-41H,5-13,22-25,58H2,1-4H3,(H2,59,78)(H,71,82)(H,72,84)(H,73,83)(H,74,85)(H,75,79)(H,76,80)(H,77,81)(H4,60,61,67)(H4,62,63,68)(H4,64,65,69)(H3,66,70,86). The van der Waals surface area contributed by atoms with Crippen LogP contribution in [0.3, 0.4) is 0 Å². The van der Waals surface area contributed by atoms with Gasteiger partial charge in [-0.15, -0.1) is 0 Å². The van der Waals surface area contributed by atoms with E-state index < -0.39 is 77.5 Å². The fourth-order valence-corrected chi connectivity index (χ4v) is 8.65. The fraction of sp³-hybridized carbons (Fsp3) is 0.368. The zero-order valence-corrected chi connectivity index (χ0v) is 50.3. The van der Waals surface area contributed by atoms with Crippen LogP contribution < -0.4 is 113 Å². The molecule has 33 heteroatoms. The van der Waals surface area contributed by atoms with Crippen molar-refractivity contribution in [2.75, 3.05) is 75.9 Å². The van der Waals surface area contributed by atoms with Crippen LogP contribution in [0.4, 0.5) is 27.5 Å². The number of hydrogen-bond acceptors (Lipinski definition) is 17. The van der Waals surface area contributed by atoms with Gasteiger partial charge in [-0.25, -0.2) is 4.79 Å². The lowest BCUT2D eigenvalue weighted by Gasteiger charge is -2.22. The Morgan fingerprint density at radius 3 is 1.01 bits per heavy atom. The summed E-state index contributed by atoms with van der Waals surface area (Å²) in [5.41, 5.74) is 49.9. The van der Waals surface area contributed by atoms with Crippen molar-refractivity contribution in [1.29, 1.82) is 0 Å². The monoisotopic (exact) mass is 1250 g/mol. The molecule has 0 bridgehead atoms. The number of anilines is 4. The lowest BCUT2D eigenvalue weighted by Crippen LogP contribution is -2.44. The molecule has 0 aliphatic heterocycles. The van der Waals surface area contributed by atoms with Gasteiger partial charge in [0, 0.05) is 48.9 Å². The molecule has 0 aliphatic carbocycles. The number of primary amides is 2. The average Bonchev–Trinajstić information content (AvgIpc) is 1.60. The van der Waals surface area contributed by atoms with Gasteiger partial charge < -0.3 is 113 Å². The predicted octanol–water partition coefficient (Wildman–Crippen LogP) is -0.704. The number of nitrogens with two attached hydrogens (primary N) is 9. The summed E-state index contributed by atoms with van der Waals surface area (Å²) in [5, 5.41) is 21.4. The topological polar surface area (TPSA) is 558 Å². The second-order valence-corrected chi connectivity index (χ2v) is 19.8. The molecule has 0 radical (unpaired) electrons. The van der Waals surface area contributed by atoms with E-state index in [1.165, 1.54) is 101 Å². The third-order valence-electron chi connectivity index (χ3n) is 13.1. The summed E-state index contributed by atoms with van der Waals surface area (Å²) >= 11 is 0. The molecule has 486 valence electrons. The number of nitrogens with zero attached hydrogens (tertiary/aromatic N) is 3. The highest BCUT2D eigenvalue weighted by Gasteiger charge is 2.29. The molecule has 0 heterocycles. The molecule has 10 amide bonds. The molecule has 90 heavy (non-hydrogen) atoms. The van der Waals surface area contributed by atoms with Gasteiger partial charge >= 0.3 is 6.03 Å². The van der Waals surface area contributed by atoms with Gasteiger partial charge in [0.25, 0.3) is 23.6 Å². The molecule has 4 rings (SSSR count). The van der Waals surface area contributed by atoms with Crippen LogP contribution in [-0.2, 0) is 19.2 Å². The summed E-state index contributed by atoms with van der Waals surface area (Å²) in [7, 11) is 5.27. The Labute approximate surface area is 518 Å². The molecule has 4 aromatic rings. The maximum absolute atomic E-state index is 14.4. The number of aliphatic imine (C=N–C) groups is 3. The first-order valence-electron chi connectivity index (χ1n) is 28.0. The molecule has 0 aliphatic rings. The van der Waals surface area contributed by atoms with E-state index in [0.717, 1.165) is 0 Å². The van der Waals surface area contributed by atoms with E-state index in [2.05, 4.69) is 57.5 Å². The third-order valence-corrected chi connectivity index (χ3v) is 13.1. The van der Waals surface area contributed by atoms with Gasteiger partial charge in [-0.3, -0.25) is 53.3 Å². The van der Waals surface area contributed by atoms with Gasteiger partial charge in [0.1, 0.15) is 41.1 Å². The molecule has 4 aromatic carbocycles. The highest BCUT2D eigenvalue weighted by Crippen LogP contribution is 2.28. The lowest BCUT2D eigenvalue weighted by atomic mass is 10.1. The lowest BCUT2D eigenvalue weighted by molar-refractivity contribution is -0.118. The Hall–Kier alpha value is -11.1. The van der Waals surface area contributed by atoms with Crippen LogP contribution in [0.1, 0.15) is 99.2 Å². The number of urea groups is 1. The fourth-order valence-electron chi connectivity index (χ4n) is 8.65. The second-order valence-electron chi connectivity index (χ2n) is 19.8. The Morgan fingerprint density at radius 2 is 0.700 bits per heavy atom. The first kappa shape index (κ1) is 71.4. The summed E-state index contributed by atoms with van der Waals surface area (Å²) in [6.45, 7) is 0.575. The highest BCUT2D eigenvalue weighted by molar-refractivity contribution is 6.08. The average molecular weight is 1250 g/mol. The molecule has 0 saturated carbocycles. The third kappa shape index (κ3) is 23.3. The number of carbonyl (C=O) groups is 9. The quantitative estimate of drug-likeness (QED) is 0.0152. The minimum absolute atomic E-state index is 0.0136. The van der Waals surface area contributed by atoms with Gasteiger partial charge in [-0.05, 0) is 131 Å². The number of guanidine groups is 3. The van der Waals surface area contributed by atoms with Crippen LogP contribution in [0, 0.1) is 0 Å². The molecule has 4 unspecified atom stereocenters. The summed E-state index contributed by atoms with van der Waals surface area (Å²) in [5.74, 6) is -6.18. The summed E-state index contributed by atoms with van der Waals surface area (Å²) < 4.78 is 21.7. The number of nitrogens with one attached hydrogen (secondary N) is 8. The number of methoxy groups -OCH3 is 4. The number of carbonyl (C=O) groups excluding carboxylic acids is 9. The predicted molar refractivity (Wildman–Crippen MR) is 338 cm³/mol. The van der Waals surface area contributed by atoms with Crippen molar-refractivity contribution in [1.82, 2.24) is 21.3 Å². The number of benzene rings is 4. The molecule has 0 fully saturated rings. The van der Waals surface area contributed by atoms with Crippen LogP contribution in [-0.4, -0.2) is 150 Å². The van der Waals surface area contributed by atoms with Gasteiger partial charge in [-0.1, -0.05) is 0 Å². The van der Waals surface area contributed by atoms with Crippen LogP contribution in [0.25, 0.3) is 0 Å². The minimum atomic E-state index is -1.33. The number of rotatable bonds is 36. The molecular formula is C57H80N20O13. The Balaban J connectivity index is 1.61. The van der Waals surface area contributed by atoms with Crippen molar-refractivity contribution in [2.24, 2.45) is 66.6 Å². The van der Waals surface area contributed by atoms with E-state index in [1.54, 1.807) is 0 Å². The van der Waals surface area contributed by atoms with Crippen LogP contribution >= 0.6 is 0 Å². The number of ether oxygens (including phenoxy) is 4. The highest BCUT2D eigenvalue weighted by atomic mass is 16.5. The van der Waals surface area contributed by atoms with Crippen LogP contribution in [0.15, 0.2) is 87.8 Å². The number of hydrogen-bond donors (Lipinski definition) is 17. The Kier molecular flexibility index (Phi) is 28.6. The van der Waals surface area contributed by atoms with E-state index in [1.807, 2.05) is 0 Å². The minimum Gasteiger partial charge on any atom is -0.496 e. The number of amides is 10. The van der Waals surface area contributed by atoms with Crippen LogP contribution in [0.5, 0.6) is 23.0 Å². The largest absolute Gasteiger partial charge is 0.496 e. The zero-order valence-electron chi connectivity index (χ0n) is 50.3. The van der Waals surface area contributed by atoms with Gasteiger partial charge in [0.05, 0.1) is 56.7 Å². The van der Waals surface area contributed by atoms with E-state index in [0.29, 0.717) is 12.8 Å². The number of unbranched alkanes of at least 4 members (excludes halogenated alkanes) is 1. The van der Waals surface area contributed by atoms with E-state index in [4.69, 9.17) is 70.6 Å². The molecule has 26 N–H and O–H groups in total. The summed E-state index contributed by atoms with van der Waals surface area (Å²) in [6, 6.07) is 11.2. The molecule has 0 spiro atoms. The van der Waals surface area contributed by atoms with Crippen molar-refractivity contribution < 1.29 is 62.1 Å². The SMILES string of the molecule is COc1ccc(NC(=O)C(CCCN=C(N)N)NC(=O)c2cc(NC(=O)C(CCCN=C(N)N)NC(=O)c3cc(NC(=O)C(CCCCNC(N)=O)NC(=O)c4cc(NC(=O)C(N)CCCN=C(N)N)ccc4OC)ccc3OC)ccc2OC)cc1C(N)=O. The maximum atomic E-state index is 14.4. The van der Waals surface area contributed by atoms with E-state index in [9.17, 15) is 43.2 Å². The van der Waals surface area contributed by atoms with Crippen molar-refractivity contribution in [3.63, 3.8) is 0 Å². The molecular weight excluding hydrogens is 1170 g/mol.